The number of hydrogen-bond acceptors (Lipinski definition) is 5. The molecule has 168 valence electrons. The monoisotopic (exact) mass is 529 g/mol. The number of nitrogens with zero attached hydrogens (tertiary/aromatic N) is 1. The number of ether oxygens (including phenoxy) is 2. The van der Waals surface area contributed by atoms with Crippen LogP contribution in [0.25, 0.3) is 0 Å². The number of carbonyl (C=O) groups excluding carboxylic acids is 2. The van der Waals surface area contributed by atoms with Crippen molar-refractivity contribution in [2.45, 2.75) is 12.3 Å². The molecule has 2 aliphatic rings. The van der Waals surface area contributed by atoms with Crippen LogP contribution < -0.4 is 25.0 Å². The first kappa shape index (κ1) is 21.6. The molecule has 0 spiro atoms. The summed E-state index contributed by atoms with van der Waals surface area (Å²) in [5.74, 6) is 0.430. The summed E-state index contributed by atoms with van der Waals surface area (Å²) < 4.78 is 11.3. The van der Waals surface area contributed by atoms with Crippen LogP contribution in [0.2, 0.25) is 5.02 Å². The minimum Gasteiger partial charge on any atom is -0.454 e. The van der Waals surface area contributed by atoms with Gasteiger partial charge in [0.25, 0.3) is 11.6 Å². The number of fused-ring (bicyclic) bond motifs is 2. The summed E-state index contributed by atoms with van der Waals surface area (Å²) in [5.41, 5.74) is -0.748. The molecule has 3 N–H and O–H groups in total. The van der Waals surface area contributed by atoms with Crippen LogP contribution in [0.15, 0.2) is 65.1 Å². The third-order valence-electron chi connectivity index (χ3n) is 5.42. The fraction of sp³-hybridized carbons (Fsp3) is 0.130. The van der Waals surface area contributed by atoms with Crippen LogP contribution >= 0.6 is 27.5 Å². The Morgan fingerprint density at radius 3 is 2.67 bits per heavy atom. The Balaban J connectivity index is 1.52. The van der Waals surface area contributed by atoms with Crippen molar-refractivity contribution in [2.75, 3.05) is 17.0 Å². The van der Waals surface area contributed by atoms with Crippen molar-refractivity contribution >= 4 is 50.8 Å². The molecule has 3 amide bonds. The molecular weight excluding hydrogens is 514 g/mol. The topological polar surface area (TPSA) is 100 Å². The van der Waals surface area contributed by atoms with Gasteiger partial charge in [-0.15, -0.1) is 0 Å². The molecule has 0 bridgehead atoms. The molecule has 1 atom stereocenters. The van der Waals surface area contributed by atoms with Crippen LogP contribution in [-0.2, 0) is 17.1 Å². The molecule has 5 rings (SSSR count). The third-order valence-corrected chi connectivity index (χ3v) is 6.16. The Morgan fingerprint density at radius 1 is 1.12 bits per heavy atom. The van der Waals surface area contributed by atoms with E-state index in [1.807, 2.05) is 0 Å². The molecule has 0 saturated carbocycles. The van der Waals surface area contributed by atoms with Crippen LogP contribution in [-0.4, -0.2) is 23.8 Å². The van der Waals surface area contributed by atoms with Gasteiger partial charge >= 0.3 is 6.03 Å². The van der Waals surface area contributed by atoms with Crippen molar-refractivity contribution in [1.82, 2.24) is 5.32 Å². The Labute approximate surface area is 202 Å². The van der Waals surface area contributed by atoms with Crippen LogP contribution in [0.3, 0.4) is 0 Å². The Bertz CT molecular complexity index is 1270. The lowest BCUT2D eigenvalue weighted by atomic mass is 9.94. The highest BCUT2D eigenvalue weighted by atomic mass is 79.9. The lowest BCUT2D eigenvalue weighted by Gasteiger charge is -2.42. The average molecular weight is 531 g/mol. The van der Waals surface area contributed by atoms with Gasteiger partial charge in [-0.25, -0.2) is 4.79 Å². The van der Waals surface area contributed by atoms with Gasteiger partial charge in [0.1, 0.15) is 0 Å². The lowest BCUT2D eigenvalue weighted by Crippen LogP contribution is -2.62. The first-order chi connectivity index (χ1) is 15.9. The van der Waals surface area contributed by atoms with Crippen molar-refractivity contribution in [3.63, 3.8) is 0 Å². The number of hydrogen-bond donors (Lipinski definition) is 3. The van der Waals surface area contributed by atoms with E-state index in [4.69, 9.17) is 21.1 Å². The number of aliphatic hydroxyl groups is 1. The number of nitrogens with one attached hydrogen (secondary N) is 2. The van der Waals surface area contributed by atoms with E-state index < -0.39 is 17.7 Å². The quantitative estimate of drug-likeness (QED) is 0.466. The van der Waals surface area contributed by atoms with E-state index in [2.05, 4.69) is 26.6 Å². The third kappa shape index (κ3) is 3.78. The Kier molecular flexibility index (Phi) is 5.40. The molecule has 8 nitrogen and oxygen atoms in total. The number of anilines is 2. The second-order valence-electron chi connectivity index (χ2n) is 7.47. The van der Waals surface area contributed by atoms with Crippen molar-refractivity contribution in [2.24, 2.45) is 0 Å². The highest BCUT2D eigenvalue weighted by Gasteiger charge is 2.52. The second kappa shape index (κ2) is 8.26. The van der Waals surface area contributed by atoms with Gasteiger partial charge in [0.2, 0.25) is 6.79 Å². The number of amides is 3. The maximum atomic E-state index is 13.5. The summed E-state index contributed by atoms with van der Waals surface area (Å²) in [7, 11) is 0. The fourth-order valence-electron chi connectivity index (χ4n) is 3.83. The molecule has 10 heteroatoms. The zero-order valence-corrected chi connectivity index (χ0v) is 19.3. The second-order valence-corrected chi connectivity index (χ2v) is 8.83. The van der Waals surface area contributed by atoms with E-state index in [1.54, 1.807) is 60.7 Å². The fourth-order valence-corrected chi connectivity index (χ4v) is 4.31. The summed E-state index contributed by atoms with van der Waals surface area (Å²) in [6.45, 7) is 0.235. The molecule has 3 aromatic carbocycles. The summed E-state index contributed by atoms with van der Waals surface area (Å²) in [4.78, 5) is 27.6. The van der Waals surface area contributed by atoms with Gasteiger partial charge in [-0.3, -0.25) is 9.69 Å². The molecule has 0 saturated heterocycles. The number of carbonyl (C=O) groups is 2. The van der Waals surface area contributed by atoms with Gasteiger partial charge in [-0.1, -0.05) is 33.6 Å². The van der Waals surface area contributed by atoms with Crippen LogP contribution in [0.4, 0.5) is 16.2 Å². The molecule has 33 heavy (non-hydrogen) atoms. The predicted octanol–water partition coefficient (Wildman–Crippen LogP) is 4.34. The Hall–Kier alpha value is -3.27. The van der Waals surface area contributed by atoms with E-state index in [-0.39, 0.29) is 18.9 Å². The lowest BCUT2D eigenvalue weighted by molar-refractivity contribution is -0.140. The largest absolute Gasteiger partial charge is 0.454 e. The number of benzene rings is 3. The van der Waals surface area contributed by atoms with Crippen LogP contribution in [0.1, 0.15) is 11.1 Å². The molecule has 0 aromatic heterocycles. The smallest absolute Gasteiger partial charge is 0.329 e. The van der Waals surface area contributed by atoms with Gasteiger partial charge in [0.05, 0.1) is 5.69 Å². The van der Waals surface area contributed by atoms with Gasteiger partial charge in [-0.2, -0.15) is 0 Å². The maximum Gasteiger partial charge on any atom is 0.329 e. The van der Waals surface area contributed by atoms with E-state index in [1.165, 1.54) is 0 Å². The van der Waals surface area contributed by atoms with Crippen molar-refractivity contribution in [3.8, 4) is 11.5 Å². The first-order valence-electron chi connectivity index (χ1n) is 9.92. The van der Waals surface area contributed by atoms with Crippen molar-refractivity contribution in [3.05, 3.63) is 81.3 Å². The molecule has 0 fully saturated rings. The van der Waals surface area contributed by atoms with E-state index >= 15 is 0 Å². The van der Waals surface area contributed by atoms with E-state index in [9.17, 15) is 14.7 Å². The SMILES string of the molecule is O=C1Nc2ccc(Br)cc2C(O)(C(=O)NCc2ccc3c(c2)OCO3)N1c1ccc(Cl)cc1. The molecule has 1 unspecified atom stereocenters. The van der Waals surface area contributed by atoms with E-state index in [0.717, 1.165) is 10.5 Å². The zero-order chi connectivity index (χ0) is 23.2. The summed E-state index contributed by atoms with van der Waals surface area (Å²) in [6.07, 6.45) is 0. The molecule has 3 aromatic rings. The molecular formula is C23H17BrClN3O5. The summed E-state index contributed by atoms with van der Waals surface area (Å²) in [5, 5.41) is 17.8. The van der Waals surface area contributed by atoms with Gasteiger partial charge < -0.3 is 25.2 Å². The van der Waals surface area contributed by atoms with Gasteiger partial charge in [-0.05, 0) is 60.2 Å². The van der Waals surface area contributed by atoms with Crippen molar-refractivity contribution < 1.29 is 24.2 Å². The Morgan fingerprint density at radius 2 is 1.88 bits per heavy atom. The normalized spacial score (nSPS) is 18.5. The first-order valence-corrected chi connectivity index (χ1v) is 11.1. The molecule has 0 aliphatic carbocycles. The maximum absolute atomic E-state index is 13.5. The highest BCUT2D eigenvalue weighted by molar-refractivity contribution is 9.10. The summed E-state index contributed by atoms with van der Waals surface area (Å²) in [6, 6.07) is 15.8. The molecule has 2 heterocycles. The van der Waals surface area contributed by atoms with Crippen LogP contribution in [0, 0.1) is 0 Å². The van der Waals surface area contributed by atoms with Gasteiger partial charge in [0.15, 0.2) is 11.5 Å². The minimum absolute atomic E-state index is 0.0944. The molecule has 0 radical (unpaired) electrons. The zero-order valence-electron chi connectivity index (χ0n) is 17.0. The number of urea groups is 1. The minimum atomic E-state index is -2.33. The predicted molar refractivity (Wildman–Crippen MR) is 125 cm³/mol. The van der Waals surface area contributed by atoms with Gasteiger partial charge in [0, 0.05) is 27.3 Å². The summed E-state index contributed by atoms with van der Waals surface area (Å²) >= 11 is 9.37. The van der Waals surface area contributed by atoms with E-state index in [0.29, 0.717) is 32.4 Å². The standard InChI is InChI=1S/C23H17BrClN3O5/c24-14-2-7-18-17(10-14)23(31,28(22(30)27-18)16-5-3-15(25)4-6-16)21(29)26-11-13-1-8-19-20(9-13)33-12-32-19/h1-10,31H,11-12H2,(H,26,29)(H,27,30). The molecule has 2 aliphatic heterocycles. The highest BCUT2D eigenvalue weighted by Crippen LogP contribution is 2.41. The van der Waals surface area contributed by atoms with Crippen molar-refractivity contribution in [1.29, 1.82) is 0 Å². The number of halogens is 2. The van der Waals surface area contributed by atoms with Crippen LogP contribution in [0.5, 0.6) is 11.5 Å². The number of rotatable bonds is 4. The average Bonchev–Trinajstić information content (AvgIpc) is 3.27.